The molecular formula is C9H12N2O2S2. The summed E-state index contributed by atoms with van der Waals surface area (Å²) in [6, 6.07) is 1.42. The number of thiophene rings is 1. The fraction of sp³-hybridized carbons (Fsp3) is 0.333. The molecule has 6 heteroatoms. The van der Waals surface area contributed by atoms with E-state index in [0.717, 1.165) is 0 Å². The van der Waals surface area contributed by atoms with Crippen molar-refractivity contribution < 1.29 is 9.53 Å². The Hall–Kier alpha value is -1.14. The number of hydrogen-bond donors (Lipinski definition) is 2. The van der Waals surface area contributed by atoms with Crippen molar-refractivity contribution in [3.63, 3.8) is 0 Å². The lowest BCUT2D eigenvalue weighted by Gasteiger charge is -2.11. The van der Waals surface area contributed by atoms with Crippen LogP contribution in [0.1, 0.15) is 16.6 Å². The molecular weight excluding hydrogens is 232 g/mol. The highest BCUT2D eigenvalue weighted by Gasteiger charge is 2.16. The molecule has 0 saturated heterocycles. The Morgan fingerprint density at radius 3 is 2.93 bits per heavy atom. The number of nitrogens with one attached hydrogen (secondary N) is 1. The van der Waals surface area contributed by atoms with Crippen molar-refractivity contribution in [2.24, 2.45) is 5.73 Å². The predicted molar refractivity (Wildman–Crippen MR) is 64.6 cm³/mol. The van der Waals surface area contributed by atoms with Gasteiger partial charge < -0.3 is 15.8 Å². The second-order valence-corrected chi connectivity index (χ2v) is 4.30. The van der Waals surface area contributed by atoms with Crippen LogP contribution in [-0.4, -0.2) is 24.0 Å². The van der Waals surface area contributed by atoms with Gasteiger partial charge in [0.2, 0.25) is 0 Å². The van der Waals surface area contributed by atoms with Crippen molar-refractivity contribution in [1.82, 2.24) is 5.32 Å². The summed E-state index contributed by atoms with van der Waals surface area (Å²) in [6.07, 6.45) is 0. The van der Waals surface area contributed by atoms with Gasteiger partial charge in [0, 0.05) is 0 Å². The quantitative estimate of drug-likeness (QED) is 0.780. The molecule has 0 bridgehead atoms. The van der Waals surface area contributed by atoms with Gasteiger partial charge in [-0.2, -0.15) is 0 Å². The van der Waals surface area contributed by atoms with E-state index < -0.39 is 0 Å². The zero-order valence-electron chi connectivity index (χ0n) is 8.44. The van der Waals surface area contributed by atoms with Gasteiger partial charge in [0.25, 0.3) is 5.91 Å². The van der Waals surface area contributed by atoms with Gasteiger partial charge in [-0.25, -0.2) is 0 Å². The average Bonchev–Trinajstić information content (AvgIpc) is 2.64. The molecule has 3 N–H and O–H groups in total. The maximum Gasteiger partial charge on any atom is 0.265 e. The number of carbonyl (C=O) groups is 1. The highest BCUT2D eigenvalue weighted by Crippen LogP contribution is 2.24. The topological polar surface area (TPSA) is 64.3 Å². The zero-order chi connectivity index (χ0) is 11.4. The van der Waals surface area contributed by atoms with E-state index in [-0.39, 0.29) is 16.9 Å². The van der Waals surface area contributed by atoms with Gasteiger partial charge in [-0.1, -0.05) is 12.2 Å². The molecule has 0 aromatic carbocycles. The van der Waals surface area contributed by atoms with Crippen LogP contribution in [0.15, 0.2) is 11.4 Å². The first-order valence-electron chi connectivity index (χ1n) is 4.28. The second kappa shape index (κ2) is 5.09. The molecule has 1 aromatic heterocycles. The van der Waals surface area contributed by atoms with Crippen LogP contribution in [-0.2, 0) is 0 Å². The molecule has 1 unspecified atom stereocenters. The van der Waals surface area contributed by atoms with Crippen LogP contribution in [0.5, 0.6) is 5.75 Å². The van der Waals surface area contributed by atoms with Crippen LogP contribution in [0.3, 0.4) is 0 Å². The van der Waals surface area contributed by atoms with Crippen LogP contribution in [0.25, 0.3) is 0 Å². The van der Waals surface area contributed by atoms with Gasteiger partial charge in [-0.15, -0.1) is 11.3 Å². The Morgan fingerprint density at radius 1 is 1.73 bits per heavy atom. The Bertz CT molecular complexity index is 376. The molecule has 0 aliphatic carbocycles. The van der Waals surface area contributed by atoms with E-state index in [1.165, 1.54) is 18.4 Å². The monoisotopic (exact) mass is 244 g/mol. The SMILES string of the molecule is COc1ccsc1C(=O)NC(C)C(N)=S. The first kappa shape index (κ1) is 11.9. The van der Waals surface area contributed by atoms with Gasteiger partial charge >= 0.3 is 0 Å². The highest BCUT2D eigenvalue weighted by molar-refractivity contribution is 7.80. The summed E-state index contributed by atoms with van der Waals surface area (Å²) < 4.78 is 5.03. The lowest BCUT2D eigenvalue weighted by atomic mass is 10.3. The van der Waals surface area contributed by atoms with Gasteiger partial charge in [-0.3, -0.25) is 4.79 Å². The van der Waals surface area contributed by atoms with E-state index >= 15 is 0 Å². The van der Waals surface area contributed by atoms with Crippen LogP contribution in [0.4, 0.5) is 0 Å². The molecule has 1 rings (SSSR count). The summed E-state index contributed by atoms with van der Waals surface area (Å²) in [5.41, 5.74) is 5.40. The van der Waals surface area contributed by atoms with E-state index in [1.807, 2.05) is 0 Å². The molecule has 1 aromatic rings. The lowest BCUT2D eigenvalue weighted by molar-refractivity contribution is 0.0950. The lowest BCUT2D eigenvalue weighted by Crippen LogP contribution is -2.41. The zero-order valence-corrected chi connectivity index (χ0v) is 10.1. The molecule has 0 spiro atoms. The first-order valence-corrected chi connectivity index (χ1v) is 5.56. The molecule has 0 fully saturated rings. The number of thiocarbonyl (C=S) groups is 1. The molecule has 1 heterocycles. The van der Waals surface area contributed by atoms with Crippen LogP contribution in [0, 0.1) is 0 Å². The maximum atomic E-state index is 11.7. The Balaban J connectivity index is 2.73. The smallest absolute Gasteiger partial charge is 0.265 e. The second-order valence-electron chi connectivity index (χ2n) is 2.92. The summed E-state index contributed by atoms with van der Waals surface area (Å²) >= 11 is 6.08. The minimum Gasteiger partial charge on any atom is -0.495 e. The van der Waals surface area contributed by atoms with E-state index in [9.17, 15) is 4.79 Å². The van der Waals surface area contributed by atoms with Gasteiger partial charge in [0.05, 0.1) is 18.1 Å². The third-order valence-electron chi connectivity index (χ3n) is 1.83. The fourth-order valence-electron chi connectivity index (χ4n) is 0.957. The summed E-state index contributed by atoms with van der Waals surface area (Å²) in [4.78, 5) is 12.5. The number of rotatable bonds is 4. The molecule has 0 aliphatic heterocycles. The minimum atomic E-state index is -0.320. The average molecular weight is 244 g/mol. The molecule has 15 heavy (non-hydrogen) atoms. The number of hydrogen-bond acceptors (Lipinski definition) is 4. The largest absolute Gasteiger partial charge is 0.495 e. The standard InChI is InChI=1S/C9H12N2O2S2/c1-5(8(10)14)11-9(12)7-6(13-2)3-4-15-7/h3-5H,1-2H3,(H2,10,14)(H,11,12). The van der Waals surface area contributed by atoms with Crippen molar-refractivity contribution in [3.8, 4) is 5.75 Å². The summed E-state index contributed by atoms with van der Waals surface area (Å²) in [5, 5.41) is 4.47. The van der Waals surface area contributed by atoms with E-state index in [0.29, 0.717) is 10.6 Å². The Morgan fingerprint density at radius 2 is 2.40 bits per heavy atom. The normalized spacial score (nSPS) is 11.9. The number of nitrogens with two attached hydrogens (primary N) is 1. The number of methoxy groups -OCH3 is 1. The van der Waals surface area contributed by atoms with Crippen molar-refractivity contribution in [2.75, 3.05) is 7.11 Å². The van der Waals surface area contributed by atoms with E-state index in [2.05, 4.69) is 5.32 Å². The van der Waals surface area contributed by atoms with E-state index in [4.69, 9.17) is 22.7 Å². The molecule has 1 amide bonds. The van der Waals surface area contributed by atoms with Crippen LogP contribution in [0.2, 0.25) is 0 Å². The predicted octanol–water partition coefficient (Wildman–Crippen LogP) is 1.16. The minimum absolute atomic E-state index is 0.220. The molecule has 4 nitrogen and oxygen atoms in total. The Kier molecular flexibility index (Phi) is 4.05. The van der Waals surface area contributed by atoms with Crippen molar-refractivity contribution in [2.45, 2.75) is 13.0 Å². The van der Waals surface area contributed by atoms with Gasteiger partial charge in [0.1, 0.15) is 10.6 Å². The van der Waals surface area contributed by atoms with Crippen molar-refractivity contribution in [3.05, 3.63) is 16.3 Å². The van der Waals surface area contributed by atoms with Crippen molar-refractivity contribution in [1.29, 1.82) is 0 Å². The van der Waals surface area contributed by atoms with Gasteiger partial charge in [0.15, 0.2) is 0 Å². The number of carbonyl (C=O) groups excluding carboxylic acids is 1. The van der Waals surface area contributed by atoms with Gasteiger partial charge in [-0.05, 0) is 18.4 Å². The fourth-order valence-corrected chi connectivity index (χ4v) is 1.78. The first-order chi connectivity index (χ1) is 7.06. The molecule has 82 valence electrons. The number of ether oxygens (including phenoxy) is 1. The Labute approximate surface area is 97.4 Å². The van der Waals surface area contributed by atoms with Crippen LogP contribution >= 0.6 is 23.6 Å². The van der Waals surface area contributed by atoms with Crippen LogP contribution < -0.4 is 15.8 Å². The third kappa shape index (κ3) is 2.90. The molecule has 0 saturated carbocycles. The molecule has 0 radical (unpaired) electrons. The number of amides is 1. The maximum absolute atomic E-state index is 11.7. The van der Waals surface area contributed by atoms with Crippen molar-refractivity contribution >= 4 is 34.5 Å². The highest BCUT2D eigenvalue weighted by atomic mass is 32.1. The summed E-state index contributed by atoms with van der Waals surface area (Å²) in [5.74, 6) is 0.342. The molecule has 0 aliphatic rings. The summed E-state index contributed by atoms with van der Waals surface area (Å²) in [7, 11) is 1.52. The van der Waals surface area contributed by atoms with E-state index in [1.54, 1.807) is 18.4 Å². The summed E-state index contributed by atoms with van der Waals surface area (Å²) in [6.45, 7) is 1.74. The molecule has 1 atom stereocenters. The third-order valence-corrected chi connectivity index (χ3v) is 3.08.